The standard InChI is InChI=1S/C8H11NO3S/c1-2-6-9-7(8(11)12)5(13-6)3-4-10/h10H,2-4H2,1H3,(H,11,12). The first-order valence-corrected chi connectivity index (χ1v) is 4.83. The van der Waals surface area contributed by atoms with Gasteiger partial charge in [0, 0.05) is 17.9 Å². The molecule has 0 amide bonds. The minimum Gasteiger partial charge on any atom is -0.476 e. The van der Waals surface area contributed by atoms with Crippen LogP contribution in [-0.2, 0) is 12.8 Å². The van der Waals surface area contributed by atoms with Crippen LogP contribution in [0.15, 0.2) is 0 Å². The molecule has 0 aromatic carbocycles. The van der Waals surface area contributed by atoms with Gasteiger partial charge in [0.05, 0.1) is 5.01 Å². The van der Waals surface area contributed by atoms with Crippen molar-refractivity contribution in [2.24, 2.45) is 0 Å². The third kappa shape index (κ3) is 2.26. The molecule has 0 saturated heterocycles. The molecule has 1 aromatic heterocycles. The lowest BCUT2D eigenvalue weighted by Gasteiger charge is -1.92. The predicted octanol–water partition coefficient (Wildman–Crippen LogP) is 0.938. The van der Waals surface area contributed by atoms with Crippen molar-refractivity contribution < 1.29 is 15.0 Å². The van der Waals surface area contributed by atoms with Crippen LogP contribution in [0.25, 0.3) is 0 Å². The number of nitrogens with zero attached hydrogens (tertiary/aromatic N) is 1. The molecule has 0 bridgehead atoms. The summed E-state index contributed by atoms with van der Waals surface area (Å²) in [5.41, 5.74) is 0.0934. The van der Waals surface area contributed by atoms with E-state index in [0.29, 0.717) is 11.3 Å². The second kappa shape index (κ2) is 4.34. The average molecular weight is 201 g/mol. The van der Waals surface area contributed by atoms with Crippen LogP contribution in [0.1, 0.15) is 27.3 Å². The Balaban J connectivity index is 3.00. The van der Waals surface area contributed by atoms with Crippen LogP contribution in [0.5, 0.6) is 0 Å². The van der Waals surface area contributed by atoms with Crippen LogP contribution < -0.4 is 0 Å². The molecule has 0 spiro atoms. The van der Waals surface area contributed by atoms with Crippen molar-refractivity contribution in [3.05, 3.63) is 15.6 Å². The van der Waals surface area contributed by atoms with Gasteiger partial charge in [0.1, 0.15) is 0 Å². The molecule has 0 atom stereocenters. The van der Waals surface area contributed by atoms with Gasteiger partial charge >= 0.3 is 5.97 Å². The number of carboxylic acid groups (broad SMARTS) is 1. The highest BCUT2D eigenvalue weighted by Crippen LogP contribution is 2.19. The number of hydrogen-bond acceptors (Lipinski definition) is 4. The topological polar surface area (TPSA) is 70.4 Å². The molecule has 5 heteroatoms. The summed E-state index contributed by atoms with van der Waals surface area (Å²) in [5.74, 6) is -1.01. The van der Waals surface area contributed by atoms with E-state index in [1.54, 1.807) is 0 Å². The Hall–Kier alpha value is -0.940. The summed E-state index contributed by atoms with van der Waals surface area (Å²) in [6, 6.07) is 0. The number of carboxylic acids is 1. The Morgan fingerprint density at radius 2 is 2.31 bits per heavy atom. The molecule has 1 heterocycles. The molecule has 0 fully saturated rings. The zero-order chi connectivity index (χ0) is 9.84. The van der Waals surface area contributed by atoms with E-state index in [9.17, 15) is 4.79 Å². The summed E-state index contributed by atoms with van der Waals surface area (Å²) in [6.07, 6.45) is 1.11. The average Bonchev–Trinajstić information content (AvgIpc) is 2.48. The molecule has 1 aromatic rings. The van der Waals surface area contributed by atoms with Crippen molar-refractivity contribution in [3.8, 4) is 0 Å². The highest BCUT2D eigenvalue weighted by Gasteiger charge is 2.15. The summed E-state index contributed by atoms with van der Waals surface area (Å²) in [7, 11) is 0. The van der Waals surface area contributed by atoms with E-state index in [1.807, 2.05) is 6.92 Å². The third-order valence-electron chi connectivity index (χ3n) is 1.59. The van der Waals surface area contributed by atoms with Crippen LogP contribution in [0.4, 0.5) is 0 Å². The van der Waals surface area contributed by atoms with Crippen LogP contribution in [0.2, 0.25) is 0 Å². The predicted molar refractivity (Wildman–Crippen MR) is 49.2 cm³/mol. The first-order valence-electron chi connectivity index (χ1n) is 4.01. The van der Waals surface area contributed by atoms with Crippen LogP contribution >= 0.6 is 11.3 Å². The number of aliphatic hydroxyl groups is 1. The number of aromatic carboxylic acids is 1. The van der Waals surface area contributed by atoms with E-state index >= 15 is 0 Å². The van der Waals surface area contributed by atoms with Crippen LogP contribution in [-0.4, -0.2) is 27.8 Å². The van der Waals surface area contributed by atoms with Gasteiger partial charge in [0.25, 0.3) is 0 Å². The number of thiazole rings is 1. The molecule has 1 rings (SSSR count). The minimum atomic E-state index is -1.01. The molecule has 4 nitrogen and oxygen atoms in total. The number of hydrogen-bond donors (Lipinski definition) is 2. The molecule has 0 aliphatic rings. The fraction of sp³-hybridized carbons (Fsp3) is 0.500. The van der Waals surface area contributed by atoms with E-state index in [0.717, 1.165) is 11.4 Å². The highest BCUT2D eigenvalue weighted by atomic mass is 32.1. The van der Waals surface area contributed by atoms with Gasteiger partial charge in [-0.05, 0) is 6.42 Å². The second-order valence-electron chi connectivity index (χ2n) is 2.51. The Morgan fingerprint density at radius 3 is 2.77 bits per heavy atom. The van der Waals surface area contributed by atoms with E-state index in [4.69, 9.17) is 10.2 Å². The van der Waals surface area contributed by atoms with Crippen molar-refractivity contribution in [1.82, 2.24) is 4.98 Å². The summed E-state index contributed by atoms with van der Waals surface area (Å²) in [5, 5.41) is 18.3. The fourth-order valence-corrected chi connectivity index (χ4v) is 1.98. The minimum absolute atomic E-state index is 0.0361. The molecule has 2 N–H and O–H groups in total. The van der Waals surface area contributed by atoms with Gasteiger partial charge in [-0.1, -0.05) is 6.92 Å². The van der Waals surface area contributed by atoms with Crippen molar-refractivity contribution in [2.75, 3.05) is 6.61 Å². The van der Waals surface area contributed by atoms with Gasteiger partial charge in [0.2, 0.25) is 0 Å². The molecule has 0 radical (unpaired) electrons. The molecule has 13 heavy (non-hydrogen) atoms. The summed E-state index contributed by atoms with van der Waals surface area (Å²) >= 11 is 1.36. The van der Waals surface area contributed by atoms with Gasteiger partial charge in [-0.3, -0.25) is 0 Å². The van der Waals surface area contributed by atoms with Gasteiger partial charge in [0.15, 0.2) is 5.69 Å². The molecule has 0 aliphatic carbocycles. The number of aromatic nitrogens is 1. The first kappa shape index (κ1) is 10.1. The highest BCUT2D eigenvalue weighted by molar-refractivity contribution is 7.11. The zero-order valence-electron chi connectivity index (χ0n) is 7.28. The van der Waals surface area contributed by atoms with E-state index < -0.39 is 5.97 Å². The van der Waals surface area contributed by atoms with Crippen LogP contribution in [0, 0.1) is 0 Å². The fourth-order valence-electron chi connectivity index (χ4n) is 0.990. The maximum absolute atomic E-state index is 10.7. The Bertz CT molecular complexity index is 308. The number of aryl methyl sites for hydroxylation is 1. The number of rotatable bonds is 4. The molecule has 72 valence electrons. The monoisotopic (exact) mass is 201 g/mol. The maximum atomic E-state index is 10.7. The lowest BCUT2D eigenvalue weighted by Crippen LogP contribution is -2.02. The summed E-state index contributed by atoms with van der Waals surface area (Å²) in [6.45, 7) is 1.89. The quantitative estimate of drug-likeness (QED) is 0.760. The SMILES string of the molecule is CCc1nc(C(=O)O)c(CCO)s1. The third-order valence-corrected chi connectivity index (χ3v) is 2.84. The van der Waals surface area contributed by atoms with Gasteiger partial charge < -0.3 is 10.2 Å². The van der Waals surface area contributed by atoms with E-state index in [1.165, 1.54) is 11.3 Å². The number of aliphatic hydroxyl groups excluding tert-OH is 1. The smallest absolute Gasteiger partial charge is 0.355 e. The molecular weight excluding hydrogens is 190 g/mol. The Labute approximate surface area is 79.9 Å². The summed E-state index contributed by atoms with van der Waals surface area (Å²) < 4.78 is 0. The van der Waals surface area contributed by atoms with Crippen molar-refractivity contribution in [2.45, 2.75) is 19.8 Å². The molecule has 0 aliphatic heterocycles. The summed E-state index contributed by atoms with van der Waals surface area (Å²) in [4.78, 5) is 15.3. The number of carbonyl (C=O) groups is 1. The van der Waals surface area contributed by atoms with Gasteiger partial charge in [-0.25, -0.2) is 9.78 Å². The lowest BCUT2D eigenvalue weighted by atomic mass is 10.3. The van der Waals surface area contributed by atoms with E-state index in [-0.39, 0.29) is 12.3 Å². The Kier molecular flexibility index (Phi) is 3.39. The second-order valence-corrected chi connectivity index (χ2v) is 3.68. The molecular formula is C8H11NO3S. The van der Waals surface area contributed by atoms with Crippen molar-refractivity contribution >= 4 is 17.3 Å². The van der Waals surface area contributed by atoms with E-state index in [2.05, 4.69) is 4.98 Å². The van der Waals surface area contributed by atoms with Crippen molar-refractivity contribution in [1.29, 1.82) is 0 Å². The largest absolute Gasteiger partial charge is 0.476 e. The van der Waals surface area contributed by atoms with Crippen LogP contribution in [0.3, 0.4) is 0 Å². The lowest BCUT2D eigenvalue weighted by molar-refractivity contribution is 0.0690. The Morgan fingerprint density at radius 1 is 1.62 bits per heavy atom. The first-order chi connectivity index (χ1) is 6.19. The normalized spacial score (nSPS) is 10.3. The zero-order valence-corrected chi connectivity index (χ0v) is 8.10. The van der Waals surface area contributed by atoms with Gasteiger partial charge in [-0.15, -0.1) is 11.3 Å². The molecule has 0 unspecified atom stereocenters. The molecule has 0 saturated carbocycles. The maximum Gasteiger partial charge on any atom is 0.355 e. The van der Waals surface area contributed by atoms with Gasteiger partial charge in [-0.2, -0.15) is 0 Å². The van der Waals surface area contributed by atoms with Crippen molar-refractivity contribution in [3.63, 3.8) is 0 Å².